The summed E-state index contributed by atoms with van der Waals surface area (Å²) in [6.07, 6.45) is 2.63. The second-order valence-electron chi connectivity index (χ2n) is 5.69. The molecule has 19 heavy (non-hydrogen) atoms. The molecule has 3 heteroatoms. The average molecular weight is 260 g/mol. The molecule has 0 N–H and O–H groups in total. The van der Waals surface area contributed by atoms with Gasteiger partial charge in [-0.25, -0.2) is 0 Å². The van der Waals surface area contributed by atoms with Gasteiger partial charge in [0.1, 0.15) is 0 Å². The maximum Gasteiger partial charge on any atom is 0.222 e. The second-order valence-corrected chi connectivity index (χ2v) is 5.69. The van der Waals surface area contributed by atoms with Crippen LogP contribution in [0.5, 0.6) is 0 Å². The number of amides is 1. The first kappa shape index (κ1) is 14.1. The summed E-state index contributed by atoms with van der Waals surface area (Å²) in [6, 6.07) is 11.1. The fourth-order valence-electron chi connectivity index (χ4n) is 3.02. The van der Waals surface area contributed by atoms with E-state index in [2.05, 4.69) is 49.3 Å². The summed E-state index contributed by atoms with van der Waals surface area (Å²) in [6.45, 7) is 0.852. The Balaban J connectivity index is 2.23. The van der Waals surface area contributed by atoms with Crippen LogP contribution in [-0.2, 0) is 4.79 Å². The number of rotatable bonds is 2. The van der Waals surface area contributed by atoms with E-state index in [4.69, 9.17) is 0 Å². The summed E-state index contributed by atoms with van der Waals surface area (Å²) < 4.78 is 0. The molecule has 1 fully saturated rings. The number of carbonyl (C=O) groups excluding carboxylic acids is 1. The zero-order valence-electron chi connectivity index (χ0n) is 12.2. The van der Waals surface area contributed by atoms with Gasteiger partial charge in [0, 0.05) is 26.1 Å². The van der Waals surface area contributed by atoms with Gasteiger partial charge >= 0.3 is 0 Å². The Morgan fingerprint density at radius 3 is 2.47 bits per heavy atom. The zero-order chi connectivity index (χ0) is 13.8. The fourth-order valence-corrected chi connectivity index (χ4v) is 3.02. The van der Waals surface area contributed by atoms with Crippen LogP contribution in [0.3, 0.4) is 0 Å². The molecule has 2 atom stereocenters. The molecule has 2 rings (SSSR count). The molecule has 0 saturated carbocycles. The van der Waals surface area contributed by atoms with Crippen LogP contribution in [0.25, 0.3) is 0 Å². The summed E-state index contributed by atoms with van der Waals surface area (Å²) in [4.78, 5) is 16.1. The Morgan fingerprint density at radius 2 is 1.84 bits per heavy atom. The van der Waals surface area contributed by atoms with Crippen molar-refractivity contribution in [1.82, 2.24) is 9.80 Å². The van der Waals surface area contributed by atoms with E-state index in [1.807, 2.05) is 11.9 Å². The summed E-state index contributed by atoms with van der Waals surface area (Å²) in [5, 5.41) is 0. The van der Waals surface area contributed by atoms with Gasteiger partial charge in [0.2, 0.25) is 5.91 Å². The highest BCUT2D eigenvalue weighted by atomic mass is 16.2. The van der Waals surface area contributed by atoms with E-state index in [1.54, 1.807) is 0 Å². The van der Waals surface area contributed by atoms with Gasteiger partial charge in [0.15, 0.2) is 0 Å². The molecular weight excluding hydrogens is 236 g/mol. The van der Waals surface area contributed by atoms with Crippen molar-refractivity contribution in [1.29, 1.82) is 0 Å². The Kier molecular flexibility index (Phi) is 4.59. The van der Waals surface area contributed by atoms with Crippen LogP contribution in [0.2, 0.25) is 0 Å². The number of hydrogen-bond acceptors (Lipinski definition) is 2. The second kappa shape index (κ2) is 6.20. The normalized spacial score (nSPS) is 25.3. The lowest BCUT2D eigenvalue weighted by Gasteiger charge is -2.36. The maximum absolute atomic E-state index is 11.9. The molecular formula is C16H24N2O. The van der Waals surface area contributed by atoms with E-state index in [0.717, 1.165) is 19.4 Å². The lowest BCUT2D eigenvalue weighted by atomic mass is 9.84. The predicted molar refractivity (Wildman–Crippen MR) is 78.1 cm³/mol. The number of likely N-dealkylation sites (tertiary alicyclic amines) is 1. The smallest absolute Gasteiger partial charge is 0.222 e. The van der Waals surface area contributed by atoms with Gasteiger partial charge in [-0.05, 0) is 38.4 Å². The minimum atomic E-state index is 0.276. The quantitative estimate of drug-likeness (QED) is 0.815. The molecule has 0 aliphatic carbocycles. The van der Waals surface area contributed by atoms with Crippen LogP contribution < -0.4 is 0 Å². The minimum Gasteiger partial charge on any atom is -0.346 e. The van der Waals surface area contributed by atoms with Crippen molar-refractivity contribution >= 4 is 5.91 Å². The van der Waals surface area contributed by atoms with Crippen LogP contribution in [0.15, 0.2) is 30.3 Å². The largest absolute Gasteiger partial charge is 0.346 e. The average Bonchev–Trinajstić information content (AvgIpc) is 2.40. The van der Waals surface area contributed by atoms with Crippen molar-refractivity contribution < 1.29 is 4.79 Å². The standard InChI is InChI=1S/C16H24N2O/c1-17(2)15-11-12-18(3)16(19)10-9-14(15)13-7-5-4-6-8-13/h4-8,14-15H,9-12H2,1-3H3. The molecule has 2 unspecified atom stereocenters. The molecule has 1 aromatic carbocycles. The molecule has 1 aliphatic rings. The summed E-state index contributed by atoms with van der Waals surface area (Å²) in [7, 11) is 6.20. The van der Waals surface area contributed by atoms with Crippen LogP contribution in [0.4, 0.5) is 0 Å². The first-order valence-corrected chi connectivity index (χ1v) is 7.05. The van der Waals surface area contributed by atoms with E-state index in [-0.39, 0.29) is 5.91 Å². The van der Waals surface area contributed by atoms with Gasteiger partial charge in [0.05, 0.1) is 0 Å². The van der Waals surface area contributed by atoms with E-state index in [9.17, 15) is 4.79 Å². The van der Waals surface area contributed by atoms with E-state index >= 15 is 0 Å². The van der Waals surface area contributed by atoms with Crippen molar-refractivity contribution in [2.24, 2.45) is 0 Å². The molecule has 1 amide bonds. The summed E-state index contributed by atoms with van der Waals surface area (Å²) in [5.74, 6) is 0.729. The van der Waals surface area contributed by atoms with Gasteiger partial charge in [-0.2, -0.15) is 0 Å². The molecule has 1 saturated heterocycles. The van der Waals surface area contributed by atoms with Gasteiger partial charge in [-0.15, -0.1) is 0 Å². The number of hydrogen-bond donors (Lipinski definition) is 0. The van der Waals surface area contributed by atoms with Gasteiger partial charge in [0.25, 0.3) is 0 Å². The summed E-state index contributed by atoms with van der Waals surface area (Å²) >= 11 is 0. The van der Waals surface area contributed by atoms with Crippen LogP contribution in [-0.4, -0.2) is 49.4 Å². The maximum atomic E-state index is 11.9. The SMILES string of the molecule is CN1CCC(N(C)C)C(c2ccccc2)CCC1=O. The Hall–Kier alpha value is -1.35. The first-order valence-electron chi connectivity index (χ1n) is 7.05. The number of carbonyl (C=O) groups is 1. The van der Waals surface area contributed by atoms with Gasteiger partial charge in [-0.1, -0.05) is 30.3 Å². The van der Waals surface area contributed by atoms with Crippen LogP contribution in [0.1, 0.15) is 30.7 Å². The molecule has 0 radical (unpaired) electrons. The van der Waals surface area contributed by atoms with E-state index in [1.165, 1.54) is 5.56 Å². The van der Waals surface area contributed by atoms with Crippen molar-refractivity contribution in [3.63, 3.8) is 0 Å². The minimum absolute atomic E-state index is 0.276. The monoisotopic (exact) mass is 260 g/mol. The van der Waals surface area contributed by atoms with Crippen molar-refractivity contribution in [3.05, 3.63) is 35.9 Å². The fraction of sp³-hybridized carbons (Fsp3) is 0.562. The first-order chi connectivity index (χ1) is 9.09. The molecule has 0 bridgehead atoms. The predicted octanol–water partition coefficient (Wildman–Crippen LogP) is 2.34. The number of nitrogens with zero attached hydrogens (tertiary/aromatic N) is 2. The highest BCUT2D eigenvalue weighted by molar-refractivity contribution is 5.76. The third-order valence-corrected chi connectivity index (χ3v) is 4.21. The molecule has 104 valence electrons. The third-order valence-electron chi connectivity index (χ3n) is 4.21. The molecule has 3 nitrogen and oxygen atoms in total. The lowest BCUT2D eigenvalue weighted by molar-refractivity contribution is -0.131. The lowest BCUT2D eigenvalue weighted by Crippen LogP contribution is -2.41. The van der Waals surface area contributed by atoms with Gasteiger partial charge in [-0.3, -0.25) is 4.79 Å². The summed E-state index contributed by atoms with van der Waals surface area (Å²) in [5.41, 5.74) is 1.36. The highest BCUT2D eigenvalue weighted by Gasteiger charge is 2.28. The molecule has 1 aromatic rings. The topological polar surface area (TPSA) is 23.6 Å². The Morgan fingerprint density at radius 1 is 1.16 bits per heavy atom. The Bertz CT molecular complexity index is 416. The van der Waals surface area contributed by atoms with Crippen molar-refractivity contribution in [3.8, 4) is 0 Å². The zero-order valence-corrected chi connectivity index (χ0v) is 12.2. The van der Waals surface area contributed by atoms with Crippen molar-refractivity contribution in [2.75, 3.05) is 27.7 Å². The van der Waals surface area contributed by atoms with Crippen molar-refractivity contribution in [2.45, 2.75) is 31.2 Å². The molecule has 1 heterocycles. The van der Waals surface area contributed by atoms with Gasteiger partial charge < -0.3 is 9.80 Å². The number of benzene rings is 1. The molecule has 1 aliphatic heterocycles. The third kappa shape index (κ3) is 3.35. The highest BCUT2D eigenvalue weighted by Crippen LogP contribution is 2.31. The molecule has 0 spiro atoms. The Labute approximate surface area is 116 Å². The van der Waals surface area contributed by atoms with E-state index < -0.39 is 0 Å². The van der Waals surface area contributed by atoms with Crippen LogP contribution >= 0.6 is 0 Å². The number of likely N-dealkylation sites (N-methyl/N-ethyl adjacent to an activating group) is 1. The van der Waals surface area contributed by atoms with Crippen LogP contribution in [0, 0.1) is 0 Å². The molecule has 0 aromatic heterocycles. The van der Waals surface area contributed by atoms with E-state index in [0.29, 0.717) is 18.4 Å².